The highest BCUT2D eigenvalue weighted by Crippen LogP contribution is 2.30. The average Bonchev–Trinajstić information content (AvgIpc) is 2.59. The van der Waals surface area contributed by atoms with E-state index in [0.717, 1.165) is 31.2 Å². The predicted octanol–water partition coefficient (Wildman–Crippen LogP) is 4.05. The fourth-order valence-electron chi connectivity index (χ4n) is 3.28. The fourth-order valence-corrected chi connectivity index (χ4v) is 3.28. The Morgan fingerprint density at radius 1 is 1.22 bits per heavy atom. The lowest BCUT2D eigenvalue weighted by Gasteiger charge is -2.39. The highest BCUT2D eigenvalue weighted by Gasteiger charge is 2.35. The molecule has 1 amide bonds. The van der Waals surface area contributed by atoms with Gasteiger partial charge < -0.3 is 19.1 Å². The zero-order chi connectivity index (χ0) is 19.4. The lowest BCUT2D eigenvalue weighted by molar-refractivity contribution is -0.110. The number of pyridine rings is 1. The van der Waals surface area contributed by atoms with Crippen molar-refractivity contribution in [3.8, 4) is 5.88 Å². The monoisotopic (exact) mass is 374 g/mol. The van der Waals surface area contributed by atoms with E-state index in [-0.39, 0.29) is 24.4 Å². The van der Waals surface area contributed by atoms with Gasteiger partial charge in [0.05, 0.1) is 12.2 Å². The normalized spacial score (nSPS) is 23.4. The van der Waals surface area contributed by atoms with Crippen molar-refractivity contribution in [2.24, 2.45) is 0 Å². The molecule has 2 aliphatic rings. The van der Waals surface area contributed by atoms with Gasteiger partial charge in [-0.05, 0) is 45.2 Å². The molecule has 0 spiro atoms. The topological polar surface area (TPSA) is 60.9 Å². The lowest BCUT2D eigenvalue weighted by atomic mass is 9.91. The van der Waals surface area contributed by atoms with E-state index < -0.39 is 5.60 Å². The van der Waals surface area contributed by atoms with Crippen LogP contribution in [0, 0.1) is 0 Å². The van der Waals surface area contributed by atoms with Crippen LogP contribution < -0.4 is 4.74 Å². The number of aromatic nitrogens is 1. The van der Waals surface area contributed by atoms with Gasteiger partial charge in [0.25, 0.3) is 0 Å². The molecular formula is C21H30N2O4. The molecule has 0 bridgehead atoms. The van der Waals surface area contributed by atoms with Gasteiger partial charge in [-0.2, -0.15) is 0 Å². The van der Waals surface area contributed by atoms with Crippen LogP contribution in [0.4, 0.5) is 4.79 Å². The Hall–Kier alpha value is -2.08. The van der Waals surface area contributed by atoms with Crippen LogP contribution in [0.25, 0.3) is 6.08 Å². The summed E-state index contributed by atoms with van der Waals surface area (Å²) in [4.78, 5) is 18.1. The Balaban J connectivity index is 1.35. The molecule has 1 aromatic rings. The molecule has 0 unspecified atom stereocenters. The van der Waals surface area contributed by atoms with E-state index in [1.807, 2.05) is 32.9 Å². The Morgan fingerprint density at radius 3 is 2.56 bits per heavy atom. The summed E-state index contributed by atoms with van der Waals surface area (Å²) in [6.07, 6.45) is 7.35. The van der Waals surface area contributed by atoms with Gasteiger partial charge >= 0.3 is 6.09 Å². The maximum atomic E-state index is 12.1. The van der Waals surface area contributed by atoms with Crippen molar-refractivity contribution < 1.29 is 19.0 Å². The van der Waals surface area contributed by atoms with Crippen molar-refractivity contribution in [2.45, 2.75) is 70.4 Å². The van der Waals surface area contributed by atoms with Gasteiger partial charge in [0.2, 0.25) is 5.88 Å². The van der Waals surface area contributed by atoms with Gasteiger partial charge in [0.1, 0.15) is 11.7 Å². The Kier molecular flexibility index (Phi) is 6.05. The number of piperidine rings is 1. The molecule has 0 N–H and O–H groups in total. The van der Waals surface area contributed by atoms with Crippen molar-refractivity contribution in [1.82, 2.24) is 9.88 Å². The number of ether oxygens (including phenoxy) is 3. The van der Waals surface area contributed by atoms with E-state index in [9.17, 15) is 4.79 Å². The first kappa shape index (κ1) is 19.7. The first-order valence-electron chi connectivity index (χ1n) is 9.71. The maximum Gasteiger partial charge on any atom is 0.410 e. The number of carbonyl (C=O) groups excluding carboxylic acids is 1. The number of rotatable bonds is 5. The van der Waals surface area contributed by atoms with Gasteiger partial charge in [-0.1, -0.05) is 12.7 Å². The summed E-state index contributed by atoms with van der Waals surface area (Å²) < 4.78 is 17.5. The second kappa shape index (κ2) is 8.30. The zero-order valence-corrected chi connectivity index (χ0v) is 16.5. The van der Waals surface area contributed by atoms with Crippen LogP contribution in [0.15, 0.2) is 24.9 Å². The number of likely N-dealkylation sites (tertiary alicyclic amines) is 1. The van der Waals surface area contributed by atoms with Crippen LogP contribution in [-0.2, 0) is 9.47 Å². The Labute approximate surface area is 161 Å². The van der Waals surface area contributed by atoms with Crippen molar-refractivity contribution >= 4 is 12.2 Å². The average molecular weight is 374 g/mol. The molecule has 27 heavy (non-hydrogen) atoms. The minimum atomic E-state index is -0.453. The Morgan fingerprint density at radius 2 is 1.93 bits per heavy atom. The standard InChI is InChI=1S/C21H30N2O4/c1-5-15-6-9-22-19(12-15)26-18-13-17(14-18)25-16-7-10-23(11-8-16)20(24)27-21(2,3)4/h5-6,9,12,16-18H,1,7-8,10-11,13-14H2,2-4H3/t17-,18-. The lowest BCUT2D eigenvalue weighted by Crippen LogP contribution is -2.46. The van der Waals surface area contributed by atoms with E-state index in [2.05, 4.69) is 11.6 Å². The van der Waals surface area contributed by atoms with Crippen molar-refractivity contribution in [3.63, 3.8) is 0 Å². The SMILES string of the molecule is C=Cc1ccnc(O[C@H]2C[C@H](OC3CCN(C(=O)OC(C)(C)C)CC3)C2)c1. The second-order valence-electron chi connectivity index (χ2n) is 8.27. The molecule has 1 saturated heterocycles. The molecule has 1 aromatic heterocycles. The molecule has 3 rings (SSSR count). The molecule has 1 saturated carbocycles. The van der Waals surface area contributed by atoms with E-state index in [4.69, 9.17) is 14.2 Å². The minimum absolute atomic E-state index is 0.157. The first-order chi connectivity index (χ1) is 12.8. The highest BCUT2D eigenvalue weighted by atomic mass is 16.6. The Bertz CT molecular complexity index is 656. The molecule has 1 aliphatic heterocycles. The quantitative estimate of drug-likeness (QED) is 0.778. The third-order valence-electron chi connectivity index (χ3n) is 4.81. The third kappa shape index (κ3) is 5.70. The second-order valence-corrected chi connectivity index (χ2v) is 8.27. The summed E-state index contributed by atoms with van der Waals surface area (Å²) in [6.45, 7) is 10.8. The van der Waals surface area contributed by atoms with Crippen LogP contribution in [0.3, 0.4) is 0 Å². The van der Waals surface area contributed by atoms with Gasteiger partial charge in [0.15, 0.2) is 0 Å². The van der Waals surface area contributed by atoms with Gasteiger partial charge in [0, 0.05) is 38.2 Å². The first-order valence-corrected chi connectivity index (χ1v) is 9.71. The molecule has 0 radical (unpaired) electrons. The summed E-state index contributed by atoms with van der Waals surface area (Å²) in [5, 5.41) is 0. The smallest absolute Gasteiger partial charge is 0.410 e. The van der Waals surface area contributed by atoms with Crippen molar-refractivity contribution in [3.05, 3.63) is 30.5 Å². The zero-order valence-electron chi connectivity index (χ0n) is 16.5. The van der Waals surface area contributed by atoms with Crippen molar-refractivity contribution in [2.75, 3.05) is 13.1 Å². The summed E-state index contributed by atoms with van der Waals surface area (Å²) >= 11 is 0. The fraction of sp³-hybridized carbons (Fsp3) is 0.619. The summed E-state index contributed by atoms with van der Waals surface area (Å²) in [6, 6.07) is 3.80. The molecule has 2 heterocycles. The highest BCUT2D eigenvalue weighted by molar-refractivity contribution is 5.68. The van der Waals surface area contributed by atoms with Crippen LogP contribution in [0.2, 0.25) is 0 Å². The van der Waals surface area contributed by atoms with Crippen molar-refractivity contribution in [1.29, 1.82) is 0 Å². The molecule has 0 aromatic carbocycles. The molecule has 6 heteroatoms. The molecule has 2 fully saturated rings. The van der Waals surface area contributed by atoms with Crippen LogP contribution in [-0.4, -0.2) is 53.0 Å². The summed E-state index contributed by atoms with van der Waals surface area (Å²) in [7, 11) is 0. The molecule has 148 valence electrons. The maximum absolute atomic E-state index is 12.1. The van der Waals surface area contributed by atoms with Gasteiger partial charge in [-0.25, -0.2) is 9.78 Å². The van der Waals surface area contributed by atoms with E-state index >= 15 is 0 Å². The summed E-state index contributed by atoms with van der Waals surface area (Å²) in [5.41, 5.74) is 0.551. The van der Waals surface area contributed by atoms with E-state index in [0.29, 0.717) is 19.0 Å². The number of amides is 1. The summed E-state index contributed by atoms with van der Waals surface area (Å²) in [5.74, 6) is 0.640. The van der Waals surface area contributed by atoms with Gasteiger partial charge in [-0.3, -0.25) is 0 Å². The van der Waals surface area contributed by atoms with Crippen LogP contribution in [0.1, 0.15) is 52.0 Å². The molecule has 0 atom stereocenters. The van der Waals surface area contributed by atoms with Crippen LogP contribution in [0.5, 0.6) is 5.88 Å². The van der Waals surface area contributed by atoms with Gasteiger partial charge in [-0.15, -0.1) is 0 Å². The van der Waals surface area contributed by atoms with E-state index in [1.54, 1.807) is 17.2 Å². The number of nitrogens with zero attached hydrogens (tertiary/aromatic N) is 2. The molecule has 1 aliphatic carbocycles. The molecular weight excluding hydrogens is 344 g/mol. The predicted molar refractivity (Wildman–Crippen MR) is 104 cm³/mol. The minimum Gasteiger partial charge on any atom is -0.474 e. The number of hydrogen-bond donors (Lipinski definition) is 0. The van der Waals surface area contributed by atoms with E-state index in [1.165, 1.54) is 0 Å². The molecule has 6 nitrogen and oxygen atoms in total. The number of hydrogen-bond acceptors (Lipinski definition) is 5. The van der Waals surface area contributed by atoms with Crippen LogP contribution >= 0.6 is 0 Å². The number of carbonyl (C=O) groups is 1. The third-order valence-corrected chi connectivity index (χ3v) is 4.81. The largest absolute Gasteiger partial charge is 0.474 e.